The Balaban J connectivity index is 1.40. The minimum atomic E-state index is 0.0231. The molecule has 6 heteroatoms. The third-order valence-electron chi connectivity index (χ3n) is 3.63. The molecule has 0 radical (unpaired) electrons. The predicted molar refractivity (Wildman–Crippen MR) is 101 cm³/mol. The predicted octanol–water partition coefficient (Wildman–Crippen LogP) is 3.41. The highest BCUT2D eigenvalue weighted by molar-refractivity contribution is 8.00. The van der Waals surface area contributed by atoms with Gasteiger partial charge in [-0.3, -0.25) is 4.79 Å². The van der Waals surface area contributed by atoms with Gasteiger partial charge in [0.1, 0.15) is 11.6 Å². The van der Waals surface area contributed by atoms with Crippen molar-refractivity contribution in [3.05, 3.63) is 54.4 Å². The molecule has 0 saturated heterocycles. The number of benzene rings is 2. The van der Waals surface area contributed by atoms with Crippen LogP contribution in [0.4, 0.5) is 0 Å². The van der Waals surface area contributed by atoms with Gasteiger partial charge in [-0.25, -0.2) is 4.98 Å². The Bertz CT molecular complexity index is 797. The molecule has 0 saturated carbocycles. The summed E-state index contributed by atoms with van der Waals surface area (Å²) in [5, 5.41) is 2.93. The molecule has 0 bridgehead atoms. The zero-order chi connectivity index (χ0) is 17.5. The quantitative estimate of drug-likeness (QED) is 0.608. The monoisotopic (exact) mass is 355 g/mol. The Morgan fingerprint density at radius 1 is 1.20 bits per heavy atom. The molecule has 2 aromatic carbocycles. The number of hydrogen-bond acceptors (Lipinski definition) is 4. The molecule has 1 aromatic heterocycles. The molecule has 0 aliphatic carbocycles. The Hall–Kier alpha value is -2.47. The number of hydrogen-bond donors (Lipinski definition) is 2. The molecule has 0 aliphatic heterocycles. The number of aromatic amines is 1. The molecule has 130 valence electrons. The molecule has 0 aliphatic rings. The van der Waals surface area contributed by atoms with E-state index in [0.717, 1.165) is 27.5 Å². The van der Waals surface area contributed by atoms with Crippen LogP contribution in [0.1, 0.15) is 12.7 Å². The van der Waals surface area contributed by atoms with E-state index in [4.69, 9.17) is 4.74 Å². The normalized spacial score (nSPS) is 10.8. The van der Waals surface area contributed by atoms with Gasteiger partial charge in [-0.1, -0.05) is 12.1 Å². The molecule has 0 atom stereocenters. The van der Waals surface area contributed by atoms with Crippen LogP contribution in [0.15, 0.2) is 53.4 Å². The van der Waals surface area contributed by atoms with Crippen LogP contribution in [0.3, 0.4) is 0 Å². The van der Waals surface area contributed by atoms with E-state index < -0.39 is 0 Å². The summed E-state index contributed by atoms with van der Waals surface area (Å²) in [5.74, 6) is 2.16. The van der Waals surface area contributed by atoms with Crippen LogP contribution in [0.25, 0.3) is 11.0 Å². The zero-order valence-electron chi connectivity index (χ0n) is 14.1. The molecule has 0 fully saturated rings. The third kappa shape index (κ3) is 5.00. The van der Waals surface area contributed by atoms with E-state index in [9.17, 15) is 4.79 Å². The first-order chi connectivity index (χ1) is 12.2. The number of aromatic nitrogens is 2. The van der Waals surface area contributed by atoms with Crippen molar-refractivity contribution in [1.29, 1.82) is 0 Å². The van der Waals surface area contributed by atoms with Gasteiger partial charge in [0.25, 0.3) is 0 Å². The van der Waals surface area contributed by atoms with Crippen LogP contribution in [-0.4, -0.2) is 34.8 Å². The first-order valence-electron chi connectivity index (χ1n) is 8.30. The van der Waals surface area contributed by atoms with Crippen molar-refractivity contribution in [3.8, 4) is 5.75 Å². The summed E-state index contributed by atoms with van der Waals surface area (Å²) in [4.78, 5) is 20.8. The largest absolute Gasteiger partial charge is 0.494 e. The van der Waals surface area contributed by atoms with Crippen molar-refractivity contribution in [2.45, 2.75) is 18.2 Å². The van der Waals surface area contributed by atoms with Gasteiger partial charge in [0.2, 0.25) is 5.91 Å². The van der Waals surface area contributed by atoms with E-state index >= 15 is 0 Å². The SMILES string of the molecule is CCOc1ccc(SCC(=O)NCCc2nc3ccccc3[nH]2)cc1. The van der Waals surface area contributed by atoms with Crippen LogP contribution >= 0.6 is 11.8 Å². The van der Waals surface area contributed by atoms with E-state index in [2.05, 4.69) is 15.3 Å². The molecule has 2 N–H and O–H groups in total. The van der Waals surface area contributed by atoms with Gasteiger partial charge in [-0.2, -0.15) is 0 Å². The fraction of sp³-hybridized carbons (Fsp3) is 0.263. The van der Waals surface area contributed by atoms with Crippen molar-refractivity contribution in [1.82, 2.24) is 15.3 Å². The number of ether oxygens (including phenoxy) is 1. The number of nitrogens with one attached hydrogen (secondary N) is 2. The van der Waals surface area contributed by atoms with E-state index in [0.29, 0.717) is 25.3 Å². The topological polar surface area (TPSA) is 67.0 Å². The molecule has 3 rings (SSSR count). The van der Waals surface area contributed by atoms with Crippen LogP contribution in [0.2, 0.25) is 0 Å². The van der Waals surface area contributed by atoms with Crippen molar-refractivity contribution < 1.29 is 9.53 Å². The summed E-state index contributed by atoms with van der Waals surface area (Å²) in [6.45, 7) is 3.18. The fourth-order valence-electron chi connectivity index (χ4n) is 2.44. The molecule has 1 amide bonds. The molecule has 25 heavy (non-hydrogen) atoms. The smallest absolute Gasteiger partial charge is 0.230 e. The second-order valence-corrected chi connectivity index (χ2v) is 6.54. The number of para-hydroxylation sites is 2. The lowest BCUT2D eigenvalue weighted by molar-refractivity contribution is -0.118. The molecule has 3 aromatic rings. The number of H-pyrrole nitrogens is 1. The maximum Gasteiger partial charge on any atom is 0.230 e. The van der Waals surface area contributed by atoms with Crippen molar-refractivity contribution in [3.63, 3.8) is 0 Å². The van der Waals surface area contributed by atoms with Gasteiger partial charge in [0, 0.05) is 17.9 Å². The Labute approximate surface area is 151 Å². The Kier molecular flexibility index (Phi) is 5.95. The van der Waals surface area contributed by atoms with E-state index in [1.54, 1.807) is 0 Å². The fourth-order valence-corrected chi connectivity index (χ4v) is 3.17. The molecular weight excluding hydrogens is 334 g/mol. The number of nitrogens with zero attached hydrogens (tertiary/aromatic N) is 1. The van der Waals surface area contributed by atoms with Crippen LogP contribution in [0, 0.1) is 0 Å². The van der Waals surface area contributed by atoms with Crippen molar-refractivity contribution >= 4 is 28.7 Å². The summed E-state index contributed by atoms with van der Waals surface area (Å²) in [7, 11) is 0. The molecule has 1 heterocycles. The number of imidazole rings is 1. The lowest BCUT2D eigenvalue weighted by Gasteiger charge is -2.06. The average Bonchev–Trinajstić information content (AvgIpc) is 3.04. The van der Waals surface area contributed by atoms with E-state index in [-0.39, 0.29) is 5.91 Å². The number of amides is 1. The number of thioether (sulfide) groups is 1. The summed E-state index contributed by atoms with van der Waals surface area (Å²) in [5.41, 5.74) is 1.98. The molecule has 5 nitrogen and oxygen atoms in total. The van der Waals surface area contributed by atoms with Gasteiger partial charge < -0.3 is 15.0 Å². The first kappa shape index (κ1) is 17.4. The minimum absolute atomic E-state index is 0.0231. The summed E-state index contributed by atoms with van der Waals surface area (Å²) >= 11 is 1.51. The molecule has 0 unspecified atom stereocenters. The highest BCUT2D eigenvalue weighted by atomic mass is 32.2. The number of rotatable bonds is 8. The maximum absolute atomic E-state index is 12.0. The third-order valence-corrected chi connectivity index (χ3v) is 4.64. The minimum Gasteiger partial charge on any atom is -0.494 e. The van der Waals surface area contributed by atoms with Gasteiger partial charge in [-0.05, 0) is 43.3 Å². The van der Waals surface area contributed by atoms with Gasteiger partial charge in [-0.15, -0.1) is 11.8 Å². The van der Waals surface area contributed by atoms with Gasteiger partial charge in [0.15, 0.2) is 0 Å². The first-order valence-corrected chi connectivity index (χ1v) is 9.29. The average molecular weight is 355 g/mol. The molecular formula is C19H21N3O2S. The standard InChI is InChI=1S/C19H21N3O2S/c1-2-24-14-7-9-15(10-8-14)25-13-19(23)20-12-11-18-21-16-5-3-4-6-17(16)22-18/h3-10H,2,11-13H2,1H3,(H,20,23)(H,21,22). The number of fused-ring (bicyclic) bond motifs is 1. The van der Waals surface area contributed by atoms with E-state index in [1.165, 1.54) is 11.8 Å². The second-order valence-electron chi connectivity index (χ2n) is 5.49. The lowest BCUT2D eigenvalue weighted by atomic mass is 10.3. The lowest BCUT2D eigenvalue weighted by Crippen LogP contribution is -2.27. The van der Waals surface area contributed by atoms with Crippen molar-refractivity contribution in [2.24, 2.45) is 0 Å². The van der Waals surface area contributed by atoms with Crippen molar-refractivity contribution in [2.75, 3.05) is 18.9 Å². The number of carbonyl (C=O) groups excluding carboxylic acids is 1. The highest BCUT2D eigenvalue weighted by Crippen LogP contribution is 2.21. The molecule has 0 spiro atoms. The van der Waals surface area contributed by atoms with Crippen LogP contribution in [-0.2, 0) is 11.2 Å². The van der Waals surface area contributed by atoms with Gasteiger partial charge >= 0.3 is 0 Å². The highest BCUT2D eigenvalue weighted by Gasteiger charge is 2.05. The van der Waals surface area contributed by atoms with Crippen LogP contribution in [0.5, 0.6) is 5.75 Å². The maximum atomic E-state index is 12.0. The van der Waals surface area contributed by atoms with Crippen LogP contribution < -0.4 is 10.1 Å². The summed E-state index contributed by atoms with van der Waals surface area (Å²) in [6, 6.07) is 15.7. The van der Waals surface area contributed by atoms with Gasteiger partial charge in [0.05, 0.1) is 23.4 Å². The zero-order valence-corrected chi connectivity index (χ0v) is 14.9. The summed E-state index contributed by atoms with van der Waals surface area (Å²) in [6.07, 6.45) is 0.689. The Morgan fingerprint density at radius 3 is 2.76 bits per heavy atom. The van der Waals surface area contributed by atoms with E-state index in [1.807, 2.05) is 55.5 Å². The summed E-state index contributed by atoms with van der Waals surface area (Å²) < 4.78 is 5.41. The number of carbonyl (C=O) groups is 1. The Morgan fingerprint density at radius 2 is 2.00 bits per heavy atom. The second kappa shape index (κ2) is 8.58.